The molecule has 0 aromatic rings. The largest absolute Gasteiger partial charge is 0.508 e. The molecule has 5 nitrogen and oxygen atoms in total. The molecule has 0 amide bonds. The van der Waals surface area contributed by atoms with Crippen LogP contribution in [-0.2, 0) is 14.3 Å². The number of aliphatic hydroxyl groups is 1. The van der Waals surface area contributed by atoms with Gasteiger partial charge < -0.3 is 14.9 Å². The first-order valence-corrected chi connectivity index (χ1v) is 9.65. The van der Waals surface area contributed by atoms with Crippen LogP contribution in [0.1, 0.15) is 52.4 Å². The first kappa shape index (κ1) is 17.8. The summed E-state index contributed by atoms with van der Waals surface area (Å²) in [5.41, 5.74) is -1.03. The third kappa shape index (κ3) is 1.90. The van der Waals surface area contributed by atoms with Crippen molar-refractivity contribution in [3.05, 3.63) is 23.5 Å². The van der Waals surface area contributed by atoms with E-state index in [1.807, 2.05) is 6.92 Å². The van der Waals surface area contributed by atoms with Crippen molar-refractivity contribution < 1.29 is 24.5 Å². The van der Waals surface area contributed by atoms with Gasteiger partial charge in [-0.05, 0) is 69.3 Å². The van der Waals surface area contributed by atoms with Gasteiger partial charge in [0.25, 0.3) is 0 Å². The average molecular weight is 360 g/mol. The summed E-state index contributed by atoms with van der Waals surface area (Å²) < 4.78 is 5.66. The van der Waals surface area contributed by atoms with Gasteiger partial charge in [0.15, 0.2) is 11.4 Å². The van der Waals surface area contributed by atoms with E-state index in [1.165, 1.54) is 13.2 Å². The van der Waals surface area contributed by atoms with E-state index in [1.54, 1.807) is 6.08 Å². The first-order chi connectivity index (χ1) is 12.2. The van der Waals surface area contributed by atoms with E-state index >= 15 is 0 Å². The predicted octanol–water partition coefficient (Wildman–Crippen LogP) is 3.65. The summed E-state index contributed by atoms with van der Waals surface area (Å²) in [4.78, 5) is 25.0. The van der Waals surface area contributed by atoms with Crippen LogP contribution in [0.15, 0.2) is 23.5 Å². The average Bonchev–Trinajstić information content (AvgIpc) is 2.89. The molecule has 3 saturated carbocycles. The zero-order chi connectivity index (χ0) is 18.9. The fourth-order valence-electron chi connectivity index (χ4n) is 7.07. The molecule has 0 aliphatic heterocycles. The van der Waals surface area contributed by atoms with Crippen molar-refractivity contribution in [1.82, 2.24) is 0 Å². The highest BCUT2D eigenvalue weighted by atomic mass is 16.5. The standard InChI is InChI=1S/C21H28O5/c1-19-8-6-16-14(15(19)7-9-21(19,26-3)18(24)25)5-4-12-10-13(22)11-17(23)20(12,16)2/h10-11,14-16,22H,4-9H2,1-3H3,(H,24,25)/t14-,15-,16-,19-,20-,21-/m0/s1. The van der Waals surface area contributed by atoms with Crippen molar-refractivity contribution in [2.24, 2.45) is 28.6 Å². The van der Waals surface area contributed by atoms with E-state index in [2.05, 4.69) is 6.92 Å². The van der Waals surface area contributed by atoms with Crippen LogP contribution in [0.2, 0.25) is 0 Å². The molecule has 2 N–H and O–H groups in total. The number of carboxylic acid groups (broad SMARTS) is 1. The Morgan fingerprint density at radius 2 is 1.85 bits per heavy atom. The number of allylic oxidation sites excluding steroid dienone is 3. The minimum Gasteiger partial charge on any atom is -0.508 e. The minimum absolute atomic E-state index is 0.0000365. The summed E-state index contributed by atoms with van der Waals surface area (Å²) in [6, 6.07) is 0. The van der Waals surface area contributed by atoms with Gasteiger partial charge >= 0.3 is 5.97 Å². The Hall–Kier alpha value is -1.62. The quantitative estimate of drug-likeness (QED) is 0.785. The van der Waals surface area contributed by atoms with Gasteiger partial charge in [-0.1, -0.05) is 12.5 Å². The van der Waals surface area contributed by atoms with E-state index in [4.69, 9.17) is 4.74 Å². The number of aliphatic hydroxyl groups excluding tert-OH is 1. The molecule has 5 heteroatoms. The zero-order valence-corrected chi connectivity index (χ0v) is 15.7. The maximum absolute atomic E-state index is 12.9. The number of rotatable bonds is 2. The van der Waals surface area contributed by atoms with Gasteiger partial charge in [0.05, 0.1) is 5.41 Å². The Labute approximate surface area is 154 Å². The highest BCUT2D eigenvalue weighted by molar-refractivity contribution is 5.99. The van der Waals surface area contributed by atoms with Gasteiger partial charge in [-0.3, -0.25) is 4.79 Å². The van der Waals surface area contributed by atoms with E-state index in [0.717, 1.165) is 37.7 Å². The van der Waals surface area contributed by atoms with Crippen LogP contribution < -0.4 is 0 Å². The second kappa shape index (κ2) is 5.44. The molecule has 0 unspecified atom stereocenters. The zero-order valence-electron chi connectivity index (χ0n) is 15.7. The summed E-state index contributed by atoms with van der Waals surface area (Å²) in [5.74, 6) is -0.00821. The van der Waals surface area contributed by atoms with Crippen molar-refractivity contribution in [2.45, 2.75) is 58.0 Å². The monoisotopic (exact) mass is 360 g/mol. The summed E-state index contributed by atoms with van der Waals surface area (Å²) in [5, 5.41) is 19.8. The molecule has 26 heavy (non-hydrogen) atoms. The van der Waals surface area contributed by atoms with E-state index < -0.39 is 22.4 Å². The molecule has 142 valence electrons. The van der Waals surface area contributed by atoms with Crippen molar-refractivity contribution >= 4 is 11.8 Å². The molecule has 0 aromatic carbocycles. The third-order valence-corrected chi connectivity index (χ3v) is 8.52. The molecule has 0 aromatic heterocycles. The van der Waals surface area contributed by atoms with Crippen molar-refractivity contribution in [2.75, 3.05) is 7.11 Å². The number of methoxy groups -OCH3 is 1. The van der Waals surface area contributed by atoms with Crippen LogP contribution in [0.25, 0.3) is 0 Å². The van der Waals surface area contributed by atoms with Gasteiger partial charge in [-0.25, -0.2) is 4.79 Å². The number of fused-ring (bicyclic) bond motifs is 5. The summed E-state index contributed by atoms with van der Waals surface area (Å²) in [6.07, 6.45) is 7.84. The Bertz CT molecular complexity index is 737. The van der Waals surface area contributed by atoms with E-state index in [9.17, 15) is 19.8 Å². The molecular formula is C21H28O5. The molecular weight excluding hydrogens is 332 g/mol. The lowest BCUT2D eigenvalue weighted by Crippen LogP contribution is -2.59. The predicted molar refractivity (Wildman–Crippen MR) is 95.6 cm³/mol. The second-order valence-electron chi connectivity index (χ2n) is 9.05. The molecule has 0 bridgehead atoms. The molecule has 0 spiro atoms. The highest BCUT2D eigenvalue weighted by Gasteiger charge is 2.68. The van der Waals surface area contributed by atoms with Crippen LogP contribution in [0, 0.1) is 28.6 Å². The van der Waals surface area contributed by atoms with Crippen LogP contribution in [-0.4, -0.2) is 34.7 Å². The number of ketones is 1. The number of aliphatic carboxylic acids is 1. The molecule has 3 fully saturated rings. The van der Waals surface area contributed by atoms with Crippen LogP contribution in [0.5, 0.6) is 0 Å². The number of carbonyl (C=O) groups excluding carboxylic acids is 1. The molecule has 6 atom stereocenters. The van der Waals surface area contributed by atoms with Crippen molar-refractivity contribution in [3.63, 3.8) is 0 Å². The molecule has 4 rings (SSSR count). The fourth-order valence-corrected chi connectivity index (χ4v) is 7.07. The Kier molecular flexibility index (Phi) is 3.72. The molecule has 4 aliphatic carbocycles. The normalized spacial score (nSPS) is 47.3. The van der Waals surface area contributed by atoms with Gasteiger partial charge in [0.2, 0.25) is 0 Å². The lowest BCUT2D eigenvalue weighted by molar-refractivity contribution is -0.188. The molecule has 0 saturated heterocycles. The smallest absolute Gasteiger partial charge is 0.336 e. The molecule has 0 radical (unpaired) electrons. The minimum atomic E-state index is -1.12. The van der Waals surface area contributed by atoms with Gasteiger partial charge in [0, 0.05) is 18.6 Å². The SMILES string of the molecule is CO[C@]1(C(=O)O)CC[C@H]2[C@@H]3CCC4=CC(O)=CC(=O)[C@]4(C)[C@H]3CC[C@@]21C. The highest BCUT2D eigenvalue weighted by Crippen LogP contribution is 2.67. The lowest BCUT2D eigenvalue weighted by Gasteiger charge is -2.57. The van der Waals surface area contributed by atoms with Crippen LogP contribution in [0.4, 0.5) is 0 Å². The Morgan fingerprint density at radius 1 is 1.15 bits per heavy atom. The van der Waals surface area contributed by atoms with Gasteiger partial charge in [-0.15, -0.1) is 0 Å². The number of hydrogen-bond donors (Lipinski definition) is 2. The van der Waals surface area contributed by atoms with Crippen molar-refractivity contribution in [1.29, 1.82) is 0 Å². The number of ether oxygens (including phenoxy) is 1. The number of hydrogen-bond acceptors (Lipinski definition) is 4. The van der Waals surface area contributed by atoms with Crippen LogP contribution in [0.3, 0.4) is 0 Å². The lowest BCUT2D eigenvalue weighted by atomic mass is 9.46. The fraction of sp³-hybridized carbons (Fsp3) is 0.714. The first-order valence-electron chi connectivity index (χ1n) is 9.65. The second-order valence-corrected chi connectivity index (χ2v) is 9.05. The van der Waals surface area contributed by atoms with E-state index in [0.29, 0.717) is 12.3 Å². The van der Waals surface area contributed by atoms with E-state index in [-0.39, 0.29) is 23.4 Å². The van der Waals surface area contributed by atoms with Gasteiger partial charge in [-0.2, -0.15) is 0 Å². The Morgan fingerprint density at radius 3 is 2.50 bits per heavy atom. The maximum atomic E-state index is 12.9. The topological polar surface area (TPSA) is 83.8 Å². The number of carboxylic acids is 1. The van der Waals surface area contributed by atoms with Crippen molar-refractivity contribution in [3.8, 4) is 0 Å². The summed E-state index contributed by atoms with van der Waals surface area (Å²) in [6.45, 7) is 4.11. The summed E-state index contributed by atoms with van der Waals surface area (Å²) >= 11 is 0. The Balaban J connectivity index is 1.73. The molecule has 0 heterocycles. The van der Waals surface area contributed by atoms with Gasteiger partial charge in [0.1, 0.15) is 5.76 Å². The maximum Gasteiger partial charge on any atom is 0.336 e. The number of carbonyl (C=O) groups is 2. The summed E-state index contributed by atoms with van der Waals surface area (Å²) in [7, 11) is 1.52. The molecule has 4 aliphatic rings. The van der Waals surface area contributed by atoms with Crippen LogP contribution >= 0.6 is 0 Å². The third-order valence-electron chi connectivity index (χ3n) is 8.52.